The molecule has 0 spiro atoms. The highest BCUT2D eigenvalue weighted by Crippen LogP contribution is 2.32. The van der Waals surface area contributed by atoms with Crippen LogP contribution in [0.1, 0.15) is 22.0 Å². The summed E-state index contributed by atoms with van der Waals surface area (Å²) in [5.74, 6) is -4.76. The first-order valence-electron chi connectivity index (χ1n) is 4.63. The highest BCUT2D eigenvalue weighted by molar-refractivity contribution is 5.91. The Morgan fingerprint density at radius 1 is 1.00 bits per heavy atom. The van der Waals surface area contributed by atoms with Crippen LogP contribution in [0.4, 0.5) is 0 Å². The fourth-order valence-electron chi connectivity index (χ4n) is 1.31. The number of carbonyl (C=O) groups is 2. The van der Waals surface area contributed by atoms with Crippen LogP contribution in [-0.4, -0.2) is 48.7 Å². The van der Waals surface area contributed by atoms with E-state index in [9.17, 15) is 24.9 Å². The summed E-state index contributed by atoms with van der Waals surface area (Å²) in [7, 11) is 0. The number of aliphatic hydroxyl groups is 2. The summed E-state index contributed by atoms with van der Waals surface area (Å²) in [5.41, 5.74) is -1.15. The molecule has 0 aliphatic heterocycles. The third kappa shape index (κ3) is 2.50. The van der Waals surface area contributed by atoms with E-state index in [2.05, 4.69) is 0 Å². The molecule has 0 saturated heterocycles. The number of phenols is 2. The van der Waals surface area contributed by atoms with Crippen molar-refractivity contribution in [3.8, 4) is 11.5 Å². The lowest BCUT2D eigenvalue weighted by molar-refractivity contribution is -0.153. The van der Waals surface area contributed by atoms with E-state index in [1.54, 1.807) is 0 Å². The zero-order chi connectivity index (χ0) is 14.0. The van der Waals surface area contributed by atoms with Gasteiger partial charge in [0.2, 0.25) is 0 Å². The number of aromatic hydroxyl groups is 2. The van der Waals surface area contributed by atoms with Crippen LogP contribution in [0.2, 0.25) is 0 Å². The van der Waals surface area contributed by atoms with Crippen molar-refractivity contribution in [1.82, 2.24) is 0 Å². The van der Waals surface area contributed by atoms with Gasteiger partial charge in [-0.2, -0.15) is 0 Å². The summed E-state index contributed by atoms with van der Waals surface area (Å²) >= 11 is 0. The van der Waals surface area contributed by atoms with Crippen LogP contribution < -0.4 is 0 Å². The smallest absolute Gasteiger partial charge is 0.339 e. The molecule has 0 heterocycles. The number of benzene rings is 1. The molecule has 1 aromatic carbocycles. The summed E-state index contributed by atoms with van der Waals surface area (Å²) in [6.07, 6.45) is -4.26. The molecule has 0 aliphatic carbocycles. The molecule has 0 bridgehead atoms. The lowest BCUT2D eigenvalue weighted by atomic mass is 10.00. The monoisotopic (exact) mass is 258 g/mol. The Kier molecular flexibility index (Phi) is 3.74. The molecule has 0 aromatic heterocycles. The molecule has 1 rings (SSSR count). The van der Waals surface area contributed by atoms with Crippen molar-refractivity contribution >= 4 is 11.9 Å². The molecule has 0 radical (unpaired) electrons. The van der Waals surface area contributed by atoms with Gasteiger partial charge in [0.25, 0.3) is 0 Å². The maximum absolute atomic E-state index is 10.7. The molecule has 6 N–H and O–H groups in total. The Balaban J connectivity index is 3.28. The summed E-state index contributed by atoms with van der Waals surface area (Å²) in [5, 5.41) is 54.4. The van der Waals surface area contributed by atoms with Gasteiger partial charge >= 0.3 is 11.9 Å². The van der Waals surface area contributed by atoms with Gasteiger partial charge in [-0.15, -0.1) is 0 Å². The average molecular weight is 258 g/mol. The van der Waals surface area contributed by atoms with Gasteiger partial charge in [-0.3, -0.25) is 0 Å². The molecule has 8 heteroatoms. The van der Waals surface area contributed by atoms with E-state index in [0.717, 1.165) is 0 Å². The molecule has 0 saturated carbocycles. The quantitative estimate of drug-likeness (QED) is 0.413. The molecule has 2 atom stereocenters. The van der Waals surface area contributed by atoms with Crippen LogP contribution in [0, 0.1) is 0 Å². The minimum atomic E-state index is -2.23. The SMILES string of the molecule is O=C(O)c1cc(C(O)C(O)C(=O)O)c(O)cc1O. The number of carboxylic acid groups (broad SMARTS) is 2. The molecular weight excluding hydrogens is 248 g/mol. The van der Waals surface area contributed by atoms with Gasteiger partial charge in [0.05, 0.1) is 0 Å². The molecule has 18 heavy (non-hydrogen) atoms. The number of rotatable bonds is 4. The van der Waals surface area contributed by atoms with Crippen molar-refractivity contribution in [1.29, 1.82) is 0 Å². The third-order valence-electron chi connectivity index (χ3n) is 2.25. The minimum Gasteiger partial charge on any atom is -0.507 e. The number of aliphatic hydroxyl groups excluding tert-OH is 2. The Bertz CT molecular complexity index is 495. The standard InChI is InChI=1S/C10H10O8/c11-5-2-6(12)4(9(15)16)1-3(5)7(13)8(14)10(17)18/h1-2,7-8,11-14H,(H,15,16)(H,17,18). The van der Waals surface area contributed by atoms with Gasteiger partial charge in [0.1, 0.15) is 23.2 Å². The number of carboxylic acids is 2. The highest BCUT2D eigenvalue weighted by Gasteiger charge is 2.29. The van der Waals surface area contributed by atoms with E-state index in [0.29, 0.717) is 12.1 Å². The first-order chi connectivity index (χ1) is 8.25. The van der Waals surface area contributed by atoms with E-state index in [-0.39, 0.29) is 0 Å². The van der Waals surface area contributed by atoms with Crippen LogP contribution in [0.5, 0.6) is 11.5 Å². The largest absolute Gasteiger partial charge is 0.507 e. The molecule has 1 aromatic rings. The molecule has 8 nitrogen and oxygen atoms in total. The van der Waals surface area contributed by atoms with Crippen molar-refractivity contribution < 1.29 is 40.2 Å². The fourth-order valence-corrected chi connectivity index (χ4v) is 1.31. The van der Waals surface area contributed by atoms with Crippen LogP contribution >= 0.6 is 0 Å². The molecule has 0 aliphatic rings. The first-order valence-corrected chi connectivity index (χ1v) is 4.63. The van der Waals surface area contributed by atoms with Gasteiger partial charge in [-0.1, -0.05) is 0 Å². The van der Waals surface area contributed by atoms with E-state index in [4.69, 9.17) is 15.3 Å². The highest BCUT2D eigenvalue weighted by atomic mass is 16.4. The Morgan fingerprint density at radius 3 is 2.00 bits per heavy atom. The average Bonchev–Trinajstić information content (AvgIpc) is 2.26. The van der Waals surface area contributed by atoms with Gasteiger partial charge in [-0.25, -0.2) is 9.59 Å². The molecule has 0 amide bonds. The number of phenolic OH excluding ortho intramolecular Hbond substituents is 1. The lowest BCUT2D eigenvalue weighted by Crippen LogP contribution is -2.27. The van der Waals surface area contributed by atoms with Gasteiger partial charge in [-0.05, 0) is 6.07 Å². The summed E-state index contributed by atoms with van der Waals surface area (Å²) in [4.78, 5) is 21.2. The van der Waals surface area contributed by atoms with Crippen molar-refractivity contribution in [2.24, 2.45) is 0 Å². The molecular formula is C10H10O8. The topological polar surface area (TPSA) is 156 Å². The number of aromatic carboxylic acids is 1. The zero-order valence-electron chi connectivity index (χ0n) is 8.81. The maximum Gasteiger partial charge on any atom is 0.339 e. The molecule has 0 fully saturated rings. The second-order valence-electron chi connectivity index (χ2n) is 3.46. The first kappa shape index (κ1) is 13.7. The van der Waals surface area contributed by atoms with Crippen molar-refractivity contribution in [2.75, 3.05) is 0 Å². The normalized spacial score (nSPS) is 13.9. The van der Waals surface area contributed by atoms with Crippen LogP contribution in [0.15, 0.2) is 12.1 Å². The summed E-state index contributed by atoms with van der Waals surface area (Å²) in [6.45, 7) is 0. The fraction of sp³-hybridized carbons (Fsp3) is 0.200. The van der Waals surface area contributed by atoms with Gasteiger partial charge in [0, 0.05) is 11.6 Å². The van der Waals surface area contributed by atoms with Crippen LogP contribution in [0.25, 0.3) is 0 Å². The second-order valence-corrected chi connectivity index (χ2v) is 3.46. The molecule has 98 valence electrons. The van der Waals surface area contributed by atoms with Crippen molar-refractivity contribution in [2.45, 2.75) is 12.2 Å². The Hall–Kier alpha value is -2.32. The zero-order valence-corrected chi connectivity index (χ0v) is 8.81. The molecule has 2 unspecified atom stereocenters. The third-order valence-corrected chi connectivity index (χ3v) is 2.25. The van der Waals surface area contributed by atoms with Gasteiger partial charge < -0.3 is 30.6 Å². The van der Waals surface area contributed by atoms with E-state index < -0.39 is 46.8 Å². The van der Waals surface area contributed by atoms with Crippen molar-refractivity contribution in [3.05, 3.63) is 23.3 Å². The predicted molar refractivity (Wildman–Crippen MR) is 55.3 cm³/mol. The van der Waals surface area contributed by atoms with Crippen molar-refractivity contribution in [3.63, 3.8) is 0 Å². The van der Waals surface area contributed by atoms with Crippen LogP contribution in [-0.2, 0) is 4.79 Å². The Labute approximate surface area is 100.0 Å². The summed E-state index contributed by atoms with van der Waals surface area (Å²) < 4.78 is 0. The number of hydrogen-bond acceptors (Lipinski definition) is 6. The second kappa shape index (κ2) is 4.90. The number of hydrogen-bond donors (Lipinski definition) is 6. The number of aliphatic carboxylic acids is 1. The lowest BCUT2D eigenvalue weighted by Gasteiger charge is -2.16. The maximum atomic E-state index is 10.7. The van der Waals surface area contributed by atoms with E-state index in [1.165, 1.54) is 0 Å². The summed E-state index contributed by atoms with van der Waals surface area (Å²) in [6, 6.07) is 1.32. The van der Waals surface area contributed by atoms with E-state index >= 15 is 0 Å². The van der Waals surface area contributed by atoms with Gasteiger partial charge in [0.15, 0.2) is 6.10 Å². The minimum absolute atomic E-state index is 0.514. The Morgan fingerprint density at radius 2 is 1.56 bits per heavy atom. The predicted octanol–water partition coefficient (Wildman–Crippen LogP) is -0.725. The van der Waals surface area contributed by atoms with E-state index in [1.807, 2.05) is 0 Å². The van der Waals surface area contributed by atoms with Crippen LogP contribution in [0.3, 0.4) is 0 Å².